The molecular formula is C17H18O5. The molecule has 0 saturated heterocycles. The Balaban J connectivity index is 2.28. The van der Waals surface area contributed by atoms with Gasteiger partial charge in [0.2, 0.25) is 0 Å². The van der Waals surface area contributed by atoms with Crippen LogP contribution in [0.25, 0.3) is 0 Å². The van der Waals surface area contributed by atoms with E-state index in [1.165, 1.54) is 0 Å². The summed E-state index contributed by atoms with van der Waals surface area (Å²) in [6, 6.07) is 5.76. The molecule has 0 saturated carbocycles. The molecule has 3 atom stereocenters. The van der Waals surface area contributed by atoms with Crippen LogP contribution >= 0.6 is 0 Å². The number of hydrogen-bond donors (Lipinski definition) is 0. The molecular weight excluding hydrogens is 284 g/mol. The summed E-state index contributed by atoms with van der Waals surface area (Å²) in [4.78, 5) is 44.0. The highest BCUT2D eigenvalue weighted by molar-refractivity contribution is 5.77. The van der Waals surface area contributed by atoms with Gasteiger partial charge in [-0.1, -0.05) is 25.1 Å². The zero-order chi connectivity index (χ0) is 16.1. The fourth-order valence-corrected chi connectivity index (χ4v) is 3.11. The van der Waals surface area contributed by atoms with E-state index in [0.29, 0.717) is 12.8 Å². The Morgan fingerprint density at radius 3 is 2.55 bits per heavy atom. The fourth-order valence-electron chi connectivity index (χ4n) is 3.11. The molecule has 0 spiro atoms. The smallest absolute Gasteiger partial charge is 0.313 e. The summed E-state index contributed by atoms with van der Waals surface area (Å²) in [7, 11) is 0. The summed E-state index contributed by atoms with van der Waals surface area (Å²) in [5.74, 6) is -1.30. The summed E-state index contributed by atoms with van der Waals surface area (Å²) < 4.78 is 4.33. The van der Waals surface area contributed by atoms with E-state index >= 15 is 0 Å². The van der Waals surface area contributed by atoms with Gasteiger partial charge in [-0.05, 0) is 35.4 Å². The highest BCUT2D eigenvalue weighted by Crippen LogP contribution is 2.34. The minimum absolute atomic E-state index is 0.0953. The predicted octanol–water partition coefficient (Wildman–Crippen LogP) is 1.61. The first-order valence-corrected chi connectivity index (χ1v) is 7.25. The zero-order valence-electron chi connectivity index (χ0n) is 12.4. The van der Waals surface area contributed by atoms with Gasteiger partial charge in [0, 0.05) is 11.8 Å². The Morgan fingerprint density at radius 2 is 1.91 bits per heavy atom. The average Bonchev–Trinajstić information content (AvgIpc) is 2.52. The highest BCUT2D eigenvalue weighted by Gasteiger charge is 2.30. The standard InChI is InChI=1S/C17H18O5/c1-11(5-17(21)22-10-20)15-4-2-3-12-6-13(8-18)14(9-19)7-16(12)15/h2-4,8-11,13-14H,5-7H2,1H3. The number of esters is 1. The zero-order valence-corrected chi connectivity index (χ0v) is 12.4. The lowest BCUT2D eigenvalue weighted by Gasteiger charge is -2.29. The van der Waals surface area contributed by atoms with Crippen molar-refractivity contribution in [3.05, 3.63) is 34.9 Å². The molecule has 5 nitrogen and oxygen atoms in total. The van der Waals surface area contributed by atoms with Crippen molar-refractivity contribution in [2.24, 2.45) is 11.8 Å². The molecule has 116 valence electrons. The highest BCUT2D eigenvalue weighted by atomic mass is 16.6. The lowest BCUT2D eigenvalue weighted by atomic mass is 9.74. The number of benzene rings is 1. The molecule has 1 aliphatic rings. The van der Waals surface area contributed by atoms with E-state index in [1.807, 2.05) is 25.1 Å². The van der Waals surface area contributed by atoms with Crippen molar-refractivity contribution in [3.8, 4) is 0 Å². The summed E-state index contributed by atoms with van der Waals surface area (Å²) in [5, 5.41) is 0. The van der Waals surface area contributed by atoms with Crippen LogP contribution in [0, 0.1) is 11.8 Å². The number of rotatable bonds is 6. The normalized spacial score (nSPS) is 21.3. The fraction of sp³-hybridized carbons (Fsp3) is 0.412. The van der Waals surface area contributed by atoms with E-state index in [1.54, 1.807) is 0 Å². The monoisotopic (exact) mass is 302 g/mol. The molecule has 0 aliphatic heterocycles. The first-order valence-electron chi connectivity index (χ1n) is 7.25. The molecule has 1 aromatic carbocycles. The van der Waals surface area contributed by atoms with Gasteiger partial charge in [-0.25, -0.2) is 0 Å². The van der Waals surface area contributed by atoms with Crippen LogP contribution in [-0.4, -0.2) is 25.0 Å². The molecule has 0 N–H and O–H groups in total. The molecule has 3 unspecified atom stereocenters. The van der Waals surface area contributed by atoms with Crippen LogP contribution in [0.4, 0.5) is 0 Å². The van der Waals surface area contributed by atoms with Crippen LogP contribution in [0.15, 0.2) is 18.2 Å². The van der Waals surface area contributed by atoms with Crippen molar-refractivity contribution in [2.75, 3.05) is 0 Å². The van der Waals surface area contributed by atoms with Crippen molar-refractivity contribution in [1.29, 1.82) is 0 Å². The number of carbonyl (C=O) groups excluding carboxylic acids is 4. The maximum atomic E-state index is 11.5. The number of hydrogen-bond acceptors (Lipinski definition) is 5. The minimum Gasteiger partial charge on any atom is -0.395 e. The summed E-state index contributed by atoms with van der Waals surface area (Å²) in [6.07, 6.45) is 2.83. The van der Waals surface area contributed by atoms with E-state index in [-0.39, 0.29) is 30.6 Å². The first-order chi connectivity index (χ1) is 10.6. The van der Waals surface area contributed by atoms with Crippen LogP contribution in [0.3, 0.4) is 0 Å². The maximum Gasteiger partial charge on any atom is 0.313 e. The third kappa shape index (κ3) is 3.30. The molecule has 0 fully saturated rings. The Labute approximate surface area is 128 Å². The van der Waals surface area contributed by atoms with Gasteiger partial charge in [0.1, 0.15) is 12.6 Å². The Hall–Kier alpha value is -2.30. The van der Waals surface area contributed by atoms with Gasteiger partial charge in [0.25, 0.3) is 0 Å². The molecule has 0 heterocycles. The molecule has 0 radical (unpaired) electrons. The van der Waals surface area contributed by atoms with Crippen molar-refractivity contribution < 1.29 is 23.9 Å². The molecule has 5 heteroatoms. The minimum atomic E-state index is -0.575. The predicted molar refractivity (Wildman–Crippen MR) is 78.1 cm³/mol. The number of aldehydes is 2. The SMILES string of the molecule is CC(CC(=O)OC=O)c1cccc2c1CC(C=O)C(C=O)C2. The molecule has 0 bridgehead atoms. The van der Waals surface area contributed by atoms with Crippen LogP contribution < -0.4 is 0 Å². The second kappa shape index (κ2) is 7.11. The number of ether oxygens (including phenoxy) is 1. The molecule has 2 rings (SSSR count). The van der Waals surface area contributed by atoms with Gasteiger partial charge < -0.3 is 14.3 Å². The van der Waals surface area contributed by atoms with Crippen LogP contribution in [-0.2, 0) is 36.8 Å². The van der Waals surface area contributed by atoms with Crippen LogP contribution in [0.1, 0.15) is 36.0 Å². The van der Waals surface area contributed by atoms with Gasteiger partial charge in [-0.15, -0.1) is 0 Å². The Kier molecular flexibility index (Phi) is 5.20. The third-order valence-corrected chi connectivity index (χ3v) is 4.29. The quantitative estimate of drug-likeness (QED) is 0.453. The third-order valence-electron chi connectivity index (χ3n) is 4.29. The largest absolute Gasteiger partial charge is 0.395 e. The van der Waals surface area contributed by atoms with Crippen molar-refractivity contribution in [2.45, 2.75) is 32.1 Å². The Morgan fingerprint density at radius 1 is 1.23 bits per heavy atom. The van der Waals surface area contributed by atoms with Crippen molar-refractivity contribution in [3.63, 3.8) is 0 Å². The van der Waals surface area contributed by atoms with E-state index in [9.17, 15) is 19.2 Å². The summed E-state index contributed by atoms with van der Waals surface area (Å²) >= 11 is 0. The van der Waals surface area contributed by atoms with Gasteiger partial charge in [-0.2, -0.15) is 0 Å². The second-order valence-corrected chi connectivity index (χ2v) is 5.68. The van der Waals surface area contributed by atoms with Crippen molar-refractivity contribution >= 4 is 25.0 Å². The lowest BCUT2D eigenvalue weighted by Crippen LogP contribution is -2.28. The van der Waals surface area contributed by atoms with Crippen LogP contribution in [0.2, 0.25) is 0 Å². The van der Waals surface area contributed by atoms with Crippen molar-refractivity contribution in [1.82, 2.24) is 0 Å². The molecule has 0 aromatic heterocycles. The van der Waals surface area contributed by atoms with E-state index < -0.39 is 5.97 Å². The molecule has 1 aliphatic carbocycles. The molecule has 1 aromatic rings. The topological polar surface area (TPSA) is 77.5 Å². The number of carbonyl (C=O) groups is 4. The van der Waals surface area contributed by atoms with Crippen LogP contribution in [0.5, 0.6) is 0 Å². The number of fused-ring (bicyclic) bond motifs is 1. The lowest BCUT2D eigenvalue weighted by molar-refractivity contribution is -0.151. The van der Waals surface area contributed by atoms with Gasteiger partial charge >= 0.3 is 12.4 Å². The van der Waals surface area contributed by atoms with E-state index in [4.69, 9.17) is 0 Å². The Bertz CT molecular complexity index is 593. The summed E-state index contributed by atoms with van der Waals surface area (Å²) in [6.45, 7) is 2.01. The van der Waals surface area contributed by atoms with Gasteiger partial charge in [0.15, 0.2) is 0 Å². The average molecular weight is 302 g/mol. The molecule has 22 heavy (non-hydrogen) atoms. The molecule has 0 amide bonds. The second-order valence-electron chi connectivity index (χ2n) is 5.68. The maximum absolute atomic E-state index is 11.5. The van der Waals surface area contributed by atoms with Gasteiger partial charge in [-0.3, -0.25) is 9.59 Å². The van der Waals surface area contributed by atoms with Gasteiger partial charge in [0.05, 0.1) is 6.42 Å². The summed E-state index contributed by atoms with van der Waals surface area (Å²) in [5.41, 5.74) is 3.05. The van der Waals surface area contributed by atoms with E-state index in [0.717, 1.165) is 29.3 Å². The van der Waals surface area contributed by atoms with E-state index in [2.05, 4.69) is 4.74 Å². The first kappa shape index (κ1) is 16.1.